The van der Waals surface area contributed by atoms with E-state index in [0.717, 1.165) is 38.2 Å². The molecule has 0 aromatic carbocycles. The molecule has 1 fully saturated rings. The van der Waals surface area contributed by atoms with Crippen LogP contribution in [-0.4, -0.2) is 29.0 Å². The molecule has 1 aliphatic rings. The number of halogens is 1. The lowest BCUT2D eigenvalue weighted by Gasteiger charge is -2.33. The van der Waals surface area contributed by atoms with Crippen molar-refractivity contribution in [1.82, 2.24) is 9.97 Å². The molecule has 1 saturated heterocycles. The van der Waals surface area contributed by atoms with E-state index in [1.54, 1.807) is 6.20 Å². The molecule has 1 aliphatic heterocycles. The van der Waals surface area contributed by atoms with Gasteiger partial charge in [0.15, 0.2) is 5.82 Å². The van der Waals surface area contributed by atoms with Crippen LogP contribution in [0.3, 0.4) is 0 Å². The molecule has 0 spiro atoms. The van der Waals surface area contributed by atoms with Crippen LogP contribution in [0.25, 0.3) is 0 Å². The summed E-state index contributed by atoms with van der Waals surface area (Å²) in [5, 5.41) is 0.577. The number of amides is 1. The topological polar surface area (TPSA) is 72.1 Å². The molecule has 1 aromatic heterocycles. The number of hydrogen-bond donors (Lipinski definition) is 1. The fourth-order valence-electron chi connectivity index (χ4n) is 2.38. The summed E-state index contributed by atoms with van der Waals surface area (Å²) in [7, 11) is 0. The second-order valence-corrected chi connectivity index (χ2v) is 5.06. The second-order valence-electron chi connectivity index (χ2n) is 4.65. The maximum Gasteiger partial charge on any atom is 0.217 e. The van der Waals surface area contributed by atoms with Gasteiger partial charge in [-0.05, 0) is 25.2 Å². The summed E-state index contributed by atoms with van der Waals surface area (Å²) in [5.74, 6) is 1.04. The maximum atomic E-state index is 10.8. The monoisotopic (exact) mass is 268 g/mol. The van der Waals surface area contributed by atoms with E-state index in [9.17, 15) is 4.79 Å². The van der Waals surface area contributed by atoms with Gasteiger partial charge in [0.25, 0.3) is 0 Å². The van der Waals surface area contributed by atoms with E-state index < -0.39 is 0 Å². The highest BCUT2D eigenvalue weighted by Gasteiger charge is 2.22. The molecule has 0 bridgehead atoms. The fraction of sp³-hybridized carbons (Fsp3) is 0.583. The van der Waals surface area contributed by atoms with Gasteiger partial charge in [-0.2, -0.15) is 0 Å². The first-order valence-corrected chi connectivity index (χ1v) is 6.53. The Morgan fingerprint density at radius 1 is 1.61 bits per heavy atom. The molecule has 1 unspecified atom stereocenters. The van der Waals surface area contributed by atoms with Crippen molar-refractivity contribution in [2.24, 2.45) is 11.7 Å². The number of carbonyl (C=O) groups is 1. The first-order chi connectivity index (χ1) is 8.66. The Balaban J connectivity index is 1.98. The van der Waals surface area contributed by atoms with Gasteiger partial charge in [-0.3, -0.25) is 4.79 Å². The van der Waals surface area contributed by atoms with Gasteiger partial charge in [-0.15, -0.1) is 0 Å². The molecular weight excluding hydrogens is 252 g/mol. The van der Waals surface area contributed by atoms with Gasteiger partial charge in [-0.1, -0.05) is 11.6 Å². The molecular formula is C12H17ClN4O. The smallest absolute Gasteiger partial charge is 0.217 e. The van der Waals surface area contributed by atoms with E-state index in [0.29, 0.717) is 17.4 Å². The highest BCUT2D eigenvalue weighted by Crippen LogP contribution is 2.28. The van der Waals surface area contributed by atoms with Gasteiger partial charge in [0.1, 0.15) is 11.3 Å². The standard InChI is InChI=1S/C12H17ClN4O/c13-10-6-15-8-16-12(10)17-5-1-2-9(7-17)3-4-11(14)18/h6,8-9H,1-5,7H2,(H2,14,18). The van der Waals surface area contributed by atoms with E-state index >= 15 is 0 Å². The molecule has 2 N–H and O–H groups in total. The molecule has 1 amide bonds. The Morgan fingerprint density at radius 2 is 2.44 bits per heavy atom. The number of piperidine rings is 1. The van der Waals surface area contributed by atoms with Gasteiger partial charge in [-0.25, -0.2) is 9.97 Å². The SMILES string of the molecule is NC(=O)CCC1CCCN(c2ncncc2Cl)C1. The molecule has 0 saturated carbocycles. The van der Waals surface area contributed by atoms with Crippen molar-refractivity contribution in [2.45, 2.75) is 25.7 Å². The molecule has 2 rings (SSSR count). The molecule has 0 radical (unpaired) electrons. The van der Waals surface area contributed by atoms with Crippen LogP contribution in [0.4, 0.5) is 5.82 Å². The zero-order valence-electron chi connectivity index (χ0n) is 10.2. The van der Waals surface area contributed by atoms with Crippen LogP contribution in [-0.2, 0) is 4.79 Å². The lowest BCUT2D eigenvalue weighted by Crippen LogP contribution is -2.36. The Morgan fingerprint density at radius 3 is 3.17 bits per heavy atom. The Hall–Kier alpha value is -1.36. The largest absolute Gasteiger partial charge is 0.370 e. The van der Waals surface area contributed by atoms with Crippen LogP contribution in [0, 0.1) is 5.92 Å². The zero-order chi connectivity index (χ0) is 13.0. The number of rotatable bonds is 4. The molecule has 2 heterocycles. The zero-order valence-corrected chi connectivity index (χ0v) is 10.9. The van der Waals surface area contributed by atoms with E-state index in [4.69, 9.17) is 17.3 Å². The Labute approximate surface area is 111 Å². The van der Waals surface area contributed by atoms with Gasteiger partial charge >= 0.3 is 0 Å². The normalized spacial score (nSPS) is 19.8. The minimum atomic E-state index is -0.229. The quantitative estimate of drug-likeness (QED) is 0.901. The van der Waals surface area contributed by atoms with Crippen molar-refractivity contribution in [3.8, 4) is 0 Å². The number of nitrogens with two attached hydrogens (primary N) is 1. The molecule has 5 nitrogen and oxygen atoms in total. The summed E-state index contributed by atoms with van der Waals surface area (Å²) in [6.45, 7) is 1.83. The molecule has 0 aliphatic carbocycles. The molecule has 1 atom stereocenters. The summed E-state index contributed by atoms with van der Waals surface area (Å²) in [5.41, 5.74) is 5.19. The predicted octanol–water partition coefficient (Wildman–Crippen LogP) is 1.61. The number of carbonyl (C=O) groups excluding carboxylic acids is 1. The number of aromatic nitrogens is 2. The maximum absolute atomic E-state index is 10.8. The van der Waals surface area contributed by atoms with Crippen molar-refractivity contribution in [3.05, 3.63) is 17.5 Å². The lowest BCUT2D eigenvalue weighted by molar-refractivity contribution is -0.118. The number of anilines is 1. The van der Waals surface area contributed by atoms with E-state index in [1.807, 2.05) is 0 Å². The number of hydrogen-bond acceptors (Lipinski definition) is 4. The summed E-state index contributed by atoms with van der Waals surface area (Å²) >= 11 is 6.09. The lowest BCUT2D eigenvalue weighted by atomic mass is 9.93. The molecule has 1 aromatic rings. The van der Waals surface area contributed by atoms with Crippen molar-refractivity contribution in [2.75, 3.05) is 18.0 Å². The third kappa shape index (κ3) is 3.32. The van der Waals surface area contributed by atoms with Crippen molar-refractivity contribution in [3.63, 3.8) is 0 Å². The van der Waals surface area contributed by atoms with Gasteiger partial charge in [0.05, 0.1) is 6.20 Å². The summed E-state index contributed by atoms with van der Waals surface area (Å²) < 4.78 is 0. The van der Waals surface area contributed by atoms with E-state index in [-0.39, 0.29) is 5.91 Å². The van der Waals surface area contributed by atoms with E-state index in [2.05, 4.69) is 14.9 Å². The van der Waals surface area contributed by atoms with Crippen molar-refractivity contribution < 1.29 is 4.79 Å². The summed E-state index contributed by atoms with van der Waals surface area (Å²) in [4.78, 5) is 21.1. The average Bonchev–Trinajstić information content (AvgIpc) is 2.37. The van der Waals surface area contributed by atoms with Gasteiger partial charge in [0, 0.05) is 19.5 Å². The Kier molecular flexibility index (Phi) is 4.36. The Bertz CT molecular complexity index is 426. The first kappa shape index (κ1) is 13.1. The highest BCUT2D eigenvalue weighted by atomic mass is 35.5. The third-order valence-corrected chi connectivity index (χ3v) is 3.53. The first-order valence-electron chi connectivity index (χ1n) is 6.15. The fourth-order valence-corrected chi connectivity index (χ4v) is 2.60. The predicted molar refractivity (Wildman–Crippen MR) is 70.4 cm³/mol. The van der Waals surface area contributed by atoms with Gasteiger partial charge in [0.2, 0.25) is 5.91 Å². The van der Waals surface area contributed by atoms with E-state index in [1.165, 1.54) is 6.33 Å². The summed E-state index contributed by atoms with van der Waals surface area (Å²) in [6.07, 6.45) is 6.63. The van der Waals surface area contributed by atoms with Crippen LogP contribution >= 0.6 is 11.6 Å². The van der Waals surface area contributed by atoms with Crippen LogP contribution in [0.2, 0.25) is 5.02 Å². The molecule has 98 valence electrons. The summed E-state index contributed by atoms with van der Waals surface area (Å²) in [6, 6.07) is 0. The van der Waals surface area contributed by atoms with Crippen molar-refractivity contribution in [1.29, 1.82) is 0 Å². The molecule has 18 heavy (non-hydrogen) atoms. The van der Waals surface area contributed by atoms with Crippen LogP contribution < -0.4 is 10.6 Å². The highest BCUT2D eigenvalue weighted by molar-refractivity contribution is 6.32. The minimum absolute atomic E-state index is 0.229. The van der Waals surface area contributed by atoms with Gasteiger partial charge < -0.3 is 10.6 Å². The van der Waals surface area contributed by atoms with Crippen LogP contribution in [0.1, 0.15) is 25.7 Å². The number of nitrogens with zero attached hydrogens (tertiary/aromatic N) is 3. The third-order valence-electron chi connectivity index (χ3n) is 3.27. The second kappa shape index (κ2) is 6.00. The van der Waals surface area contributed by atoms with Crippen LogP contribution in [0.5, 0.6) is 0 Å². The minimum Gasteiger partial charge on any atom is -0.370 e. The van der Waals surface area contributed by atoms with Crippen molar-refractivity contribution >= 4 is 23.3 Å². The molecule has 6 heteroatoms. The number of primary amides is 1. The van der Waals surface area contributed by atoms with Crippen LogP contribution in [0.15, 0.2) is 12.5 Å². The average molecular weight is 269 g/mol.